The van der Waals surface area contributed by atoms with Gasteiger partial charge in [-0.25, -0.2) is 9.80 Å². The minimum absolute atomic E-state index is 0.0635. The molecule has 1 saturated carbocycles. The number of ether oxygens (including phenoxy) is 2. The lowest BCUT2D eigenvalue weighted by atomic mass is 9.83. The van der Waals surface area contributed by atoms with Gasteiger partial charge in [0.25, 0.3) is 5.91 Å². The van der Waals surface area contributed by atoms with Crippen LogP contribution in [0.5, 0.6) is 0 Å². The Hall–Kier alpha value is -4.72. The van der Waals surface area contributed by atoms with Gasteiger partial charge in [0.2, 0.25) is 11.8 Å². The second-order valence-electron chi connectivity index (χ2n) is 10.2. The number of carbonyl (C=O) groups is 3. The number of para-hydroxylation sites is 1. The molecule has 0 saturated heterocycles. The number of methoxy groups -OCH3 is 1. The molecule has 1 heterocycles. The van der Waals surface area contributed by atoms with E-state index in [0.717, 1.165) is 47.9 Å². The average molecular weight is 552 g/mol. The van der Waals surface area contributed by atoms with Crippen molar-refractivity contribution in [2.75, 3.05) is 19.0 Å². The predicted octanol–water partition coefficient (Wildman–Crippen LogP) is 5.51. The molecule has 210 valence electrons. The van der Waals surface area contributed by atoms with Crippen LogP contribution >= 0.6 is 0 Å². The Morgan fingerprint density at radius 2 is 1.73 bits per heavy atom. The Bertz CT molecular complexity index is 1440. The fraction of sp³-hybridized carbons (Fsp3) is 0.273. The topological polar surface area (TPSA) is 97.3 Å². The number of esters is 1. The number of carbonyl (C=O) groups excluding carboxylic acids is 3. The van der Waals surface area contributed by atoms with Gasteiger partial charge in [-0.15, -0.1) is 5.10 Å². The van der Waals surface area contributed by atoms with Gasteiger partial charge >= 0.3 is 5.97 Å². The van der Waals surface area contributed by atoms with Gasteiger partial charge in [0.15, 0.2) is 6.61 Å². The van der Waals surface area contributed by atoms with Gasteiger partial charge < -0.3 is 14.8 Å². The van der Waals surface area contributed by atoms with Gasteiger partial charge in [0.1, 0.15) is 0 Å². The highest BCUT2D eigenvalue weighted by molar-refractivity contribution is 5.99. The quantitative estimate of drug-likeness (QED) is 0.280. The number of hydrazone groups is 1. The molecule has 0 aromatic heterocycles. The third kappa shape index (κ3) is 6.90. The number of nitrogens with zero attached hydrogens (tertiary/aromatic N) is 2. The summed E-state index contributed by atoms with van der Waals surface area (Å²) in [5.74, 6) is -0.424. The number of anilines is 1. The molecule has 2 amide bonds. The second kappa shape index (κ2) is 13.1. The molecule has 2 aliphatic rings. The van der Waals surface area contributed by atoms with E-state index >= 15 is 0 Å². The summed E-state index contributed by atoms with van der Waals surface area (Å²) in [5.41, 5.74) is 4.01. The Kier molecular flexibility index (Phi) is 8.89. The maximum Gasteiger partial charge on any atom is 0.330 e. The predicted molar refractivity (Wildman–Crippen MR) is 157 cm³/mol. The lowest BCUT2D eigenvalue weighted by Crippen LogP contribution is -2.36. The molecule has 1 fully saturated rings. The van der Waals surface area contributed by atoms with Crippen LogP contribution < -0.4 is 5.32 Å². The molecule has 8 heteroatoms. The van der Waals surface area contributed by atoms with E-state index in [1.807, 2.05) is 78.9 Å². The average Bonchev–Trinajstić information content (AvgIpc) is 3.53. The van der Waals surface area contributed by atoms with Crippen molar-refractivity contribution in [2.45, 2.75) is 38.1 Å². The highest BCUT2D eigenvalue weighted by Gasteiger charge is 2.32. The van der Waals surface area contributed by atoms with Gasteiger partial charge in [-0.1, -0.05) is 73.5 Å². The van der Waals surface area contributed by atoms with Gasteiger partial charge in [0, 0.05) is 17.3 Å². The van der Waals surface area contributed by atoms with Crippen molar-refractivity contribution in [1.82, 2.24) is 5.01 Å². The molecule has 0 bridgehead atoms. The van der Waals surface area contributed by atoms with E-state index in [0.29, 0.717) is 18.1 Å². The van der Waals surface area contributed by atoms with Crippen molar-refractivity contribution < 1.29 is 23.9 Å². The van der Waals surface area contributed by atoms with E-state index in [1.165, 1.54) is 18.2 Å². The minimum Gasteiger partial charge on any atom is -0.466 e. The SMILES string of the molecule is COC(=O)C=Cc1ccccc1NC(=O)C(c1ccc(CN2N=C(c3ccccc3)OCC2=O)cc1)C1CCCC1. The van der Waals surface area contributed by atoms with Crippen LogP contribution in [0.3, 0.4) is 0 Å². The maximum atomic E-state index is 13.8. The van der Waals surface area contributed by atoms with Crippen LogP contribution in [0.15, 0.2) is 90.0 Å². The highest BCUT2D eigenvalue weighted by atomic mass is 16.5. The van der Waals surface area contributed by atoms with Gasteiger partial charge in [-0.2, -0.15) is 0 Å². The van der Waals surface area contributed by atoms with Crippen LogP contribution in [0, 0.1) is 5.92 Å². The largest absolute Gasteiger partial charge is 0.466 e. The lowest BCUT2D eigenvalue weighted by molar-refractivity contribution is -0.136. The first-order valence-electron chi connectivity index (χ1n) is 13.8. The van der Waals surface area contributed by atoms with Crippen molar-refractivity contribution in [3.63, 3.8) is 0 Å². The summed E-state index contributed by atoms with van der Waals surface area (Å²) in [4.78, 5) is 37.9. The molecule has 0 spiro atoms. The van der Waals surface area contributed by atoms with Crippen LogP contribution in [0.1, 0.15) is 53.9 Å². The third-order valence-electron chi connectivity index (χ3n) is 7.50. The Balaban J connectivity index is 1.34. The molecule has 5 rings (SSSR count). The fourth-order valence-corrected chi connectivity index (χ4v) is 5.37. The molecule has 8 nitrogen and oxygen atoms in total. The normalized spacial score (nSPS) is 16.3. The van der Waals surface area contributed by atoms with Crippen LogP contribution in [-0.2, 0) is 30.4 Å². The van der Waals surface area contributed by atoms with Crippen molar-refractivity contribution >= 4 is 35.4 Å². The lowest BCUT2D eigenvalue weighted by Gasteiger charge is -2.25. The van der Waals surface area contributed by atoms with E-state index in [2.05, 4.69) is 10.4 Å². The van der Waals surface area contributed by atoms with Crippen molar-refractivity contribution in [2.24, 2.45) is 11.0 Å². The molecule has 1 aliphatic heterocycles. The Morgan fingerprint density at radius 1 is 1.02 bits per heavy atom. The first-order valence-corrected chi connectivity index (χ1v) is 13.8. The molecule has 0 radical (unpaired) electrons. The zero-order chi connectivity index (χ0) is 28.6. The zero-order valence-electron chi connectivity index (χ0n) is 23.0. The monoisotopic (exact) mass is 551 g/mol. The van der Waals surface area contributed by atoms with E-state index in [4.69, 9.17) is 9.47 Å². The first kappa shape index (κ1) is 27.8. The molecule has 1 unspecified atom stereocenters. The minimum atomic E-state index is -0.462. The summed E-state index contributed by atoms with van der Waals surface area (Å²) in [5, 5.41) is 8.98. The maximum absolute atomic E-state index is 13.8. The summed E-state index contributed by atoms with van der Waals surface area (Å²) in [6.45, 7) is 0.241. The summed E-state index contributed by atoms with van der Waals surface area (Å²) in [6, 6.07) is 24.7. The Morgan fingerprint density at radius 3 is 2.46 bits per heavy atom. The summed E-state index contributed by atoms with van der Waals surface area (Å²) >= 11 is 0. The molecule has 3 aromatic rings. The summed E-state index contributed by atoms with van der Waals surface area (Å²) in [6.07, 6.45) is 7.16. The Labute approximate surface area is 239 Å². The standard InChI is InChI=1S/C33H33N3O5/c1-40-30(38)20-19-24-9-7-8-14-28(24)34-32(39)31(25-10-5-6-11-25)26-17-15-23(16-18-26)21-36-29(37)22-41-33(35-36)27-12-3-2-4-13-27/h2-4,7-9,12-20,25,31H,5-6,10-11,21-22H2,1H3,(H,34,39). The molecular formula is C33H33N3O5. The first-order chi connectivity index (χ1) is 20.0. The number of amides is 2. The van der Waals surface area contributed by atoms with Gasteiger partial charge in [-0.3, -0.25) is 9.59 Å². The number of benzene rings is 3. The molecule has 1 aliphatic carbocycles. The fourth-order valence-electron chi connectivity index (χ4n) is 5.37. The van der Waals surface area contributed by atoms with E-state index < -0.39 is 5.97 Å². The summed E-state index contributed by atoms with van der Waals surface area (Å²) < 4.78 is 10.3. The van der Waals surface area contributed by atoms with Gasteiger partial charge in [0.05, 0.1) is 19.6 Å². The number of hydrogen-bond donors (Lipinski definition) is 1. The van der Waals surface area contributed by atoms with Gasteiger partial charge in [-0.05, 0) is 59.7 Å². The number of nitrogens with one attached hydrogen (secondary N) is 1. The van der Waals surface area contributed by atoms with Crippen LogP contribution in [0.2, 0.25) is 0 Å². The number of hydrogen-bond acceptors (Lipinski definition) is 6. The smallest absolute Gasteiger partial charge is 0.330 e. The third-order valence-corrected chi connectivity index (χ3v) is 7.50. The summed E-state index contributed by atoms with van der Waals surface area (Å²) in [7, 11) is 1.33. The molecule has 1 atom stereocenters. The van der Waals surface area contributed by atoms with Crippen LogP contribution in [-0.4, -0.2) is 42.4 Å². The van der Waals surface area contributed by atoms with Crippen molar-refractivity contribution in [1.29, 1.82) is 0 Å². The molecule has 1 N–H and O–H groups in total. The molecule has 3 aromatic carbocycles. The second-order valence-corrected chi connectivity index (χ2v) is 10.2. The zero-order valence-corrected chi connectivity index (χ0v) is 23.0. The van der Waals surface area contributed by atoms with E-state index in [9.17, 15) is 14.4 Å². The molecule has 41 heavy (non-hydrogen) atoms. The number of rotatable bonds is 9. The van der Waals surface area contributed by atoms with E-state index in [-0.39, 0.29) is 30.3 Å². The van der Waals surface area contributed by atoms with Crippen LogP contribution in [0.25, 0.3) is 6.08 Å². The highest BCUT2D eigenvalue weighted by Crippen LogP contribution is 2.38. The van der Waals surface area contributed by atoms with Crippen molar-refractivity contribution in [3.8, 4) is 0 Å². The molecular weight excluding hydrogens is 518 g/mol. The van der Waals surface area contributed by atoms with Crippen LogP contribution in [0.4, 0.5) is 5.69 Å². The van der Waals surface area contributed by atoms with E-state index in [1.54, 1.807) is 6.08 Å². The van der Waals surface area contributed by atoms with Crippen molar-refractivity contribution in [3.05, 3.63) is 107 Å².